The number of imide groups is 1. The highest BCUT2D eigenvalue weighted by Crippen LogP contribution is 2.11. The second kappa shape index (κ2) is 9.00. The van der Waals surface area contributed by atoms with E-state index in [9.17, 15) is 14.0 Å². The van der Waals surface area contributed by atoms with Crippen molar-refractivity contribution in [1.82, 2.24) is 15.5 Å². The zero-order valence-corrected chi connectivity index (χ0v) is 13.8. The maximum Gasteiger partial charge on any atom is 0.229 e. The molecule has 24 heavy (non-hydrogen) atoms. The second-order valence-electron chi connectivity index (χ2n) is 5.56. The number of carbonyl (C=O) groups excluding carboxylic acids is 2. The van der Waals surface area contributed by atoms with E-state index in [0.717, 1.165) is 0 Å². The summed E-state index contributed by atoms with van der Waals surface area (Å²) in [5.41, 5.74) is 0.643. The molecule has 1 aromatic rings. The molecule has 0 radical (unpaired) electrons. The Balaban J connectivity index is 1.72. The first-order chi connectivity index (χ1) is 11.6. The molecule has 0 unspecified atom stereocenters. The Bertz CT molecular complexity index is 602. The third-order valence-electron chi connectivity index (χ3n) is 3.88. The Morgan fingerprint density at radius 1 is 1.17 bits per heavy atom. The molecule has 1 saturated heterocycles. The van der Waals surface area contributed by atoms with E-state index >= 15 is 0 Å². The lowest BCUT2D eigenvalue weighted by atomic mass is 10.1. The fourth-order valence-corrected chi connectivity index (χ4v) is 2.57. The molecule has 2 N–H and O–H groups in total. The van der Waals surface area contributed by atoms with Gasteiger partial charge in [0.1, 0.15) is 5.82 Å². The van der Waals surface area contributed by atoms with Crippen LogP contribution in [0.1, 0.15) is 24.8 Å². The van der Waals surface area contributed by atoms with Crippen molar-refractivity contribution >= 4 is 17.8 Å². The van der Waals surface area contributed by atoms with E-state index in [1.165, 1.54) is 11.0 Å². The van der Waals surface area contributed by atoms with Crippen LogP contribution < -0.4 is 10.6 Å². The van der Waals surface area contributed by atoms with Crippen molar-refractivity contribution in [2.24, 2.45) is 4.99 Å². The van der Waals surface area contributed by atoms with Gasteiger partial charge in [-0.3, -0.25) is 19.5 Å². The van der Waals surface area contributed by atoms with Gasteiger partial charge in [-0.1, -0.05) is 18.2 Å². The average molecular weight is 334 g/mol. The SMILES string of the molecule is CN=C(NCCc1ccccc1F)NCCN1C(=O)CCCC1=O. The standard InChI is InChI=1S/C17H23FN4O2/c1-19-17(20-10-9-13-5-2-3-6-14(13)18)21-11-12-22-15(23)7-4-8-16(22)24/h2-3,5-6H,4,7-12H2,1H3,(H2,19,20,21). The highest BCUT2D eigenvalue weighted by molar-refractivity contribution is 5.97. The monoisotopic (exact) mass is 334 g/mol. The summed E-state index contributed by atoms with van der Waals surface area (Å²) in [6.45, 7) is 1.28. The zero-order chi connectivity index (χ0) is 17.4. The van der Waals surface area contributed by atoms with E-state index in [-0.39, 0.29) is 17.6 Å². The van der Waals surface area contributed by atoms with Crippen LogP contribution in [0.5, 0.6) is 0 Å². The largest absolute Gasteiger partial charge is 0.356 e. The van der Waals surface area contributed by atoms with Gasteiger partial charge in [0.05, 0.1) is 0 Å². The predicted molar refractivity (Wildman–Crippen MR) is 90.0 cm³/mol. The second-order valence-corrected chi connectivity index (χ2v) is 5.56. The van der Waals surface area contributed by atoms with Crippen LogP contribution in [-0.4, -0.2) is 49.4 Å². The minimum atomic E-state index is -0.218. The van der Waals surface area contributed by atoms with Crippen LogP contribution in [0.25, 0.3) is 0 Å². The van der Waals surface area contributed by atoms with Crippen LogP contribution in [0.2, 0.25) is 0 Å². The molecule has 0 atom stereocenters. The summed E-state index contributed by atoms with van der Waals surface area (Å²) in [4.78, 5) is 28.8. The summed E-state index contributed by atoms with van der Waals surface area (Å²) < 4.78 is 13.5. The van der Waals surface area contributed by atoms with Crippen molar-refractivity contribution in [3.05, 3.63) is 35.6 Å². The number of nitrogens with one attached hydrogen (secondary N) is 2. The van der Waals surface area contributed by atoms with Crippen molar-refractivity contribution in [1.29, 1.82) is 0 Å². The maximum absolute atomic E-state index is 13.5. The molecule has 7 heteroatoms. The first-order valence-corrected chi connectivity index (χ1v) is 8.13. The Kier molecular flexibility index (Phi) is 6.72. The third-order valence-corrected chi connectivity index (χ3v) is 3.88. The number of amides is 2. The van der Waals surface area contributed by atoms with Gasteiger partial charge < -0.3 is 10.6 Å². The van der Waals surface area contributed by atoms with Crippen LogP contribution in [0, 0.1) is 5.82 Å². The normalized spacial score (nSPS) is 15.6. The number of piperidine rings is 1. The zero-order valence-electron chi connectivity index (χ0n) is 13.8. The molecule has 6 nitrogen and oxygen atoms in total. The van der Waals surface area contributed by atoms with Crippen LogP contribution in [0.4, 0.5) is 4.39 Å². The van der Waals surface area contributed by atoms with E-state index in [2.05, 4.69) is 15.6 Å². The van der Waals surface area contributed by atoms with E-state index in [1.807, 2.05) is 0 Å². The van der Waals surface area contributed by atoms with Crippen molar-refractivity contribution in [2.75, 3.05) is 26.7 Å². The molecule has 0 saturated carbocycles. The summed E-state index contributed by atoms with van der Waals surface area (Å²) in [5.74, 6) is 0.110. The quantitative estimate of drug-likeness (QED) is 0.464. The summed E-state index contributed by atoms with van der Waals surface area (Å²) in [6, 6.07) is 6.66. The molecule has 2 rings (SSSR count). The number of hydrogen-bond acceptors (Lipinski definition) is 3. The summed E-state index contributed by atoms with van der Waals surface area (Å²) in [7, 11) is 1.63. The number of nitrogens with zero attached hydrogens (tertiary/aromatic N) is 2. The van der Waals surface area contributed by atoms with Crippen LogP contribution in [-0.2, 0) is 16.0 Å². The molecule has 0 aliphatic carbocycles. The van der Waals surface area contributed by atoms with Crippen LogP contribution in [0.3, 0.4) is 0 Å². The Morgan fingerprint density at radius 2 is 1.83 bits per heavy atom. The summed E-state index contributed by atoms with van der Waals surface area (Å²) in [6.07, 6.45) is 2.04. The van der Waals surface area contributed by atoms with E-state index in [4.69, 9.17) is 0 Å². The molecule has 0 spiro atoms. The van der Waals surface area contributed by atoms with Crippen LogP contribution in [0.15, 0.2) is 29.3 Å². The lowest BCUT2D eigenvalue weighted by Crippen LogP contribution is -2.46. The predicted octanol–water partition coefficient (Wildman–Crippen LogP) is 1.07. The minimum absolute atomic E-state index is 0.115. The number of halogens is 1. The van der Waals surface area contributed by atoms with Gasteiger partial charge in [0, 0.05) is 39.5 Å². The van der Waals surface area contributed by atoms with E-state index in [1.54, 1.807) is 25.2 Å². The number of hydrogen-bond donors (Lipinski definition) is 2. The van der Waals surface area contributed by atoms with Gasteiger partial charge in [0.25, 0.3) is 0 Å². The van der Waals surface area contributed by atoms with E-state index in [0.29, 0.717) is 56.8 Å². The maximum atomic E-state index is 13.5. The fourth-order valence-electron chi connectivity index (χ4n) is 2.57. The Hall–Kier alpha value is -2.44. The van der Waals surface area contributed by atoms with Crippen molar-refractivity contribution in [3.8, 4) is 0 Å². The number of benzene rings is 1. The van der Waals surface area contributed by atoms with Crippen molar-refractivity contribution in [2.45, 2.75) is 25.7 Å². The lowest BCUT2D eigenvalue weighted by molar-refractivity contribution is -0.147. The first-order valence-electron chi connectivity index (χ1n) is 8.13. The van der Waals surface area contributed by atoms with Gasteiger partial charge in [-0.2, -0.15) is 0 Å². The molecule has 1 heterocycles. The first kappa shape index (κ1) is 17.9. The van der Waals surface area contributed by atoms with Gasteiger partial charge in [0.2, 0.25) is 11.8 Å². The molecular formula is C17H23FN4O2. The Labute approximate surface area is 141 Å². The highest BCUT2D eigenvalue weighted by Gasteiger charge is 2.25. The number of rotatable bonds is 6. The van der Waals surface area contributed by atoms with E-state index < -0.39 is 0 Å². The van der Waals surface area contributed by atoms with Gasteiger partial charge >= 0.3 is 0 Å². The highest BCUT2D eigenvalue weighted by atomic mass is 19.1. The topological polar surface area (TPSA) is 73.8 Å². The molecule has 0 aromatic heterocycles. The molecule has 0 bridgehead atoms. The Morgan fingerprint density at radius 3 is 2.50 bits per heavy atom. The summed E-state index contributed by atoms with van der Waals surface area (Å²) in [5, 5.41) is 6.15. The molecule has 2 amide bonds. The molecule has 1 aromatic carbocycles. The number of likely N-dealkylation sites (tertiary alicyclic amines) is 1. The number of aliphatic imine (C=N–C) groups is 1. The molecule has 1 fully saturated rings. The fraction of sp³-hybridized carbons (Fsp3) is 0.471. The van der Waals surface area contributed by atoms with Gasteiger partial charge in [0.15, 0.2) is 5.96 Å². The van der Waals surface area contributed by atoms with Gasteiger partial charge in [-0.25, -0.2) is 4.39 Å². The summed E-state index contributed by atoms with van der Waals surface area (Å²) >= 11 is 0. The minimum Gasteiger partial charge on any atom is -0.356 e. The number of guanidine groups is 1. The molecule has 130 valence electrons. The van der Waals surface area contributed by atoms with Crippen LogP contribution >= 0.6 is 0 Å². The molecule has 1 aliphatic rings. The van der Waals surface area contributed by atoms with Gasteiger partial charge in [-0.15, -0.1) is 0 Å². The smallest absolute Gasteiger partial charge is 0.229 e. The van der Waals surface area contributed by atoms with Crippen molar-refractivity contribution in [3.63, 3.8) is 0 Å². The van der Waals surface area contributed by atoms with Gasteiger partial charge in [-0.05, 0) is 24.5 Å². The lowest BCUT2D eigenvalue weighted by Gasteiger charge is -2.25. The molecule has 1 aliphatic heterocycles. The average Bonchev–Trinajstić information content (AvgIpc) is 2.57. The third kappa shape index (κ3) is 5.04. The van der Waals surface area contributed by atoms with Crippen molar-refractivity contribution < 1.29 is 14.0 Å². The number of carbonyl (C=O) groups is 2. The molecular weight excluding hydrogens is 311 g/mol.